The van der Waals surface area contributed by atoms with Crippen molar-refractivity contribution in [2.24, 2.45) is 5.73 Å². The minimum absolute atomic E-state index is 0.0535. The van der Waals surface area contributed by atoms with Gasteiger partial charge >= 0.3 is 13.2 Å². The van der Waals surface area contributed by atoms with E-state index in [1.54, 1.807) is 0 Å². The Balaban J connectivity index is 2.19. The fourth-order valence-corrected chi connectivity index (χ4v) is 2.28. The topological polar surface area (TPSA) is 81.9 Å². The highest BCUT2D eigenvalue weighted by atomic mass is 19.3. The molecule has 2 aromatic rings. The van der Waals surface area contributed by atoms with Gasteiger partial charge in [-0.05, 0) is 42.5 Å². The van der Waals surface area contributed by atoms with Crippen LogP contribution in [-0.4, -0.2) is 32.1 Å². The van der Waals surface area contributed by atoms with Gasteiger partial charge in [0.05, 0.1) is 0 Å². The van der Waals surface area contributed by atoms with Gasteiger partial charge in [-0.3, -0.25) is 9.59 Å². The first-order valence-corrected chi connectivity index (χ1v) is 8.06. The number of nitrogens with zero attached hydrogens (tertiary/aromatic N) is 1. The fraction of sp³-hybridized carbons (Fsp3) is 0.158. The lowest BCUT2D eigenvalue weighted by Crippen LogP contribution is -2.24. The summed E-state index contributed by atoms with van der Waals surface area (Å²) >= 11 is 0. The molecule has 0 aliphatic rings. The van der Waals surface area contributed by atoms with Crippen LogP contribution in [-0.2, 0) is 4.79 Å². The smallest absolute Gasteiger partial charge is 0.387 e. The zero-order chi connectivity index (χ0) is 21.6. The third-order valence-corrected chi connectivity index (χ3v) is 3.70. The number of primary amides is 1. The Labute approximate surface area is 163 Å². The second-order valence-electron chi connectivity index (χ2n) is 5.60. The summed E-state index contributed by atoms with van der Waals surface area (Å²) in [7, 11) is 1.46. The predicted molar refractivity (Wildman–Crippen MR) is 97.1 cm³/mol. The number of amides is 2. The molecule has 2 rings (SSSR count). The van der Waals surface area contributed by atoms with E-state index in [-0.39, 0.29) is 16.9 Å². The van der Waals surface area contributed by atoms with E-state index < -0.39 is 30.8 Å². The molecule has 0 saturated carbocycles. The van der Waals surface area contributed by atoms with E-state index >= 15 is 0 Å². The zero-order valence-corrected chi connectivity index (χ0v) is 15.0. The van der Waals surface area contributed by atoms with Crippen LogP contribution in [0.15, 0.2) is 48.5 Å². The second kappa shape index (κ2) is 9.58. The molecule has 0 unspecified atom stereocenters. The van der Waals surface area contributed by atoms with Crippen LogP contribution >= 0.6 is 0 Å². The molecule has 0 aliphatic heterocycles. The maximum Gasteiger partial charge on any atom is 0.387 e. The van der Waals surface area contributed by atoms with Gasteiger partial charge in [0.2, 0.25) is 5.91 Å². The van der Waals surface area contributed by atoms with E-state index in [0.29, 0.717) is 5.69 Å². The molecule has 0 aromatic heterocycles. The highest BCUT2D eigenvalue weighted by Gasteiger charge is 2.13. The molecule has 6 nitrogen and oxygen atoms in total. The first-order valence-electron chi connectivity index (χ1n) is 8.06. The lowest BCUT2D eigenvalue weighted by molar-refractivity contribution is -0.113. The summed E-state index contributed by atoms with van der Waals surface area (Å²) in [6.45, 7) is -6.34. The van der Waals surface area contributed by atoms with Crippen LogP contribution in [0.2, 0.25) is 0 Å². The number of likely N-dealkylation sites (N-methyl/N-ethyl adjacent to an activating group) is 1. The largest absolute Gasteiger partial charge is 0.435 e. The molecular formula is C19H16F4N2O4. The van der Waals surface area contributed by atoms with Crippen molar-refractivity contribution in [2.75, 3.05) is 11.9 Å². The summed E-state index contributed by atoms with van der Waals surface area (Å²) < 4.78 is 58.2. The number of anilines is 1. The molecule has 0 saturated heterocycles. The van der Waals surface area contributed by atoms with Gasteiger partial charge in [-0.2, -0.15) is 17.6 Å². The average molecular weight is 412 g/mol. The lowest BCUT2D eigenvalue weighted by Gasteiger charge is -2.15. The standard InChI is InChI=1S/C19H16F4N2O4/c1-25(13-6-2-12(3-7-13)17(24)27)16(26)9-5-11-4-8-14(28-18(20)21)10-15(11)29-19(22)23/h2-10,18-19H,1H3,(H2,24,27)/b9-5+. The van der Waals surface area contributed by atoms with Crippen molar-refractivity contribution >= 4 is 23.6 Å². The lowest BCUT2D eigenvalue weighted by atomic mass is 10.1. The van der Waals surface area contributed by atoms with Gasteiger partial charge in [-0.15, -0.1) is 0 Å². The van der Waals surface area contributed by atoms with Crippen molar-refractivity contribution in [1.82, 2.24) is 0 Å². The highest BCUT2D eigenvalue weighted by Crippen LogP contribution is 2.28. The molecule has 0 fully saturated rings. The summed E-state index contributed by atoms with van der Waals surface area (Å²) in [5, 5.41) is 0. The van der Waals surface area contributed by atoms with Crippen LogP contribution in [0.25, 0.3) is 6.08 Å². The highest BCUT2D eigenvalue weighted by molar-refractivity contribution is 6.04. The Hall–Kier alpha value is -3.56. The number of alkyl halides is 4. The SMILES string of the molecule is CN(C(=O)/C=C/c1ccc(OC(F)F)cc1OC(F)F)c1ccc(C(N)=O)cc1. The summed E-state index contributed by atoms with van der Waals surface area (Å²) in [6, 6.07) is 9.10. The van der Waals surface area contributed by atoms with E-state index in [1.807, 2.05) is 0 Å². The quantitative estimate of drug-likeness (QED) is 0.530. The second-order valence-corrected chi connectivity index (χ2v) is 5.60. The Bertz CT molecular complexity index is 902. The first kappa shape index (κ1) is 21.7. The van der Waals surface area contributed by atoms with Crippen molar-refractivity contribution in [1.29, 1.82) is 0 Å². The summed E-state index contributed by atoms with van der Waals surface area (Å²) in [5.74, 6) is -1.94. The minimum atomic E-state index is -3.20. The van der Waals surface area contributed by atoms with Gasteiger partial charge in [0.1, 0.15) is 11.5 Å². The van der Waals surface area contributed by atoms with Gasteiger partial charge in [-0.25, -0.2) is 0 Å². The molecule has 0 bridgehead atoms. The van der Waals surface area contributed by atoms with Crippen LogP contribution in [0.5, 0.6) is 11.5 Å². The van der Waals surface area contributed by atoms with Crippen molar-refractivity contribution in [2.45, 2.75) is 13.2 Å². The van der Waals surface area contributed by atoms with Crippen molar-refractivity contribution in [3.05, 3.63) is 59.7 Å². The average Bonchev–Trinajstić information content (AvgIpc) is 2.65. The maximum atomic E-state index is 12.6. The maximum absolute atomic E-state index is 12.6. The molecule has 2 aromatic carbocycles. The first-order chi connectivity index (χ1) is 13.7. The van der Waals surface area contributed by atoms with Crippen LogP contribution in [0.3, 0.4) is 0 Å². The van der Waals surface area contributed by atoms with Crippen LogP contribution < -0.4 is 20.1 Å². The third kappa shape index (κ3) is 6.23. The Morgan fingerprint density at radius 3 is 2.17 bits per heavy atom. The van der Waals surface area contributed by atoms with E-state index in [4.69, 9.17) is 5.73 Å². The monoisotopic (exact) mass is 412 g/mol. The third-order valence-electron chi connectivity index (χ3n) is 3.70. The number of halogens is 4. The van der Waals surface area contributed by atoms with E-state index in [9.17, 15) is 27.2 Å². The number of rotatable bonds is 8. The van der Waals surface area contributed by atoms with Crippen molar-refractivity contribution in [3.63, 3.8) is 0 Å². The Kier molecular flexibility index (Phi) is 7.18. The summed E-state index contributed by atoms with van der Waals surface area (Å²) in [6.07, 6.45) is 2.28. The number of nitrogens with two attached hydrogens (primary N) is 1. The number of hydrogen-bond acceptors (Lipinski definition) is 4. The van der Waals surface area contributed by atoms with Crippen molar-refractivity contribution in [3.8, 4) is 11.5 Å². The molecule has 0 spiro atoms. The number of carbonyl (C=O) groups excluding carboxylic acids is 2. The molecule has 154 valence electrons. The van der Waals surface area contributed by atoms with Crippen LogP contribution in [0.1, 0.15) is 15.9 Å². The van der Waals surface area contributed by atoms with Gasteiger partial charge in [-0.1, -0.05) is 0 Å². The van der Waals surface area contributed by atoms with Gasteiger partial charge in [0.15, 0.2) is 0 Å². The van der Waals surface area contributed by atoms with E-state index in [1.165, 1.54) is 48.4 Å². The minimum Gasteiger partial charge on any atom is -0.435 e. The van der Waals surface area contributed by atoms with Gasteiger partial charge < -0.3 is 20.1 Å². The van der Waals surface area contributed by atoms with Crippen LogP contribution in [0, 0.1) is 0 Å². The van der Waals surface area contributed by atoms with E-state index in [0.717, 1.165) is 18.2 Å². The predicted octanol–water partition coefficient (Wildman–Crippen LogP) is 3.66. The molecule has 0 radical (unpaired) electrons. The normalized spacial score (nSPS) is 11.1. The molecular weight excluding hydrogens is 396 g/mol. The Morgan fingerprint density at radius 1 is 1.00 bits per heavy atom. The molecule has 2 N–H and O–H groups in total. The van der Waals surface area contributed by atoms with Gasteiger partial charge in [0.25, 0.3) is 5.91 Å². The molecule has 0 atom stereocenters. The molecule has 10 heteroatoms. The van der Waals surface area contributed by atoms with E-state index in [2.05, 4.69) is 9.47 Å². The van der Waals surface area contributed by atoms with Crippen LogP contribution in [0.4, 0.5) is 23.2 Å². The number of hydrogen-bond donors (Lipinski definition) is 1. The molecule has 0 heterocycles. The molecule has 0 aliphatic carbocycles. The molecule has 29 heavy (non-hydrogen) atoms. The summed E-state index contributed by atoms with van der Waals surface area (Å²) in [5.41, 5.74) is 5.93. The van der Waals surface area contributed by atoms with Crippen molar-refractivity contribution < 1.29 is 36.6 Å². The fourth-order valence-electron chi connectivity index (χ4n) is 2.28. The number of carbonyl (C=O) groups is 2. The zero-order valence-electron chi connectivity index (χ0n) is 15.0. The Morgan fingerprint density at radius 2 is 1.62 bits per heavy atom. The van der Waals surface area contributed by atoms with Gasteiger partial charge in [0, 0.05) is 36.0 Å². The number of ether oxygens (including phenoxy) is 2. The number of benzene rings is 2. The summed E-state index contributed by atoms with van der Waals surface area (Å²) in [4.78, 5) is 24.6. The molecule has 2 amide bonds.